The van der Waals surface area contributed by atoms with Crippen molar-refractivity contribution >= 4 is 61.9 Å². The van der Waals surface area contributed by atoms with Gasteiger partial charge in [-0.25, -0.2) is 32.2 Å². The number of likely N-dealkylation sites (tertiary alicyclic amines) is 1. The van der Waals surface area contributed by atoms with Gasteiger partial charge in [0.1, 0.15) is 29.7 Å². The second-order valence-electron chi connectivity index (χ2n) is 20.4. The highest BCUT2D eigenvalue weighted by molar-refractivity contribution is 7.92. The van der Waals surface area contributed by atoms with Crippen LogP contribution in [0.2, 0.25) is 0 Å². The summed E-state index contributed by atoms with van der Waals surface area (Å²) in [6.07, 6.45) is 8.84. The van der Waals surface area contributed by atoms with Crippen LogP contribution in [0.3, 0.4) is 0 Å². The lowest BCUT2D eigenvalue weighted by atomic mass is 10.0. The molecule has 1 unspecified atom stereocenters. The van der Waals surface area contributed by atoms with E-state index in [1.807, 2.05) is 16.8 Å². The molecule has 27 heteroatoms. The molecule has 4 amide bonds. The summed E-state index contributed by atoms with van der Waals surface area (Å²) in [6.45, 7) is 13.1. The Hall–Kier alpha value is -7.08. The largest absolute Gasteiger partial charge is 0.382 e. The highest BCUT2D eigenvalue weighted by atomic mass is 32.2. The minimum Gasteiger partial charge on any atom is -0.382 e. The minimum atomic E-state index is -3.87. The first kappa shape index (κ1) is 64.9. The molecule has 86 heavy (non-hydrogen) atoms. The first-order valence-corrected chi connectivity index (χ1v) is 30.5. The van der Waals surface area contributed by atoms with E-state index in [0.29, 0.717) is 190 Å². The standard InChI is InChI=1S/C59H76F2N10O14S/c1-4-36-86(76,77)67-48-10-9-46(60)56(54(48)61)70-39-45(42-37-62-40-63-38-42)55-49(70)12-13-51(66-55)68(3)43-14-18-69(19-15-43)52(72)16-20-78-22-24-80-26-28-82-30-32-84-34-35-85-33-31-83-29-27-81-25-23-79-21-17-64-47-7-5-6-44-53(47)59(75)71(58(44)74)50-11-8-41(2)65-57(50)73/h5-7,9-10,12-13,37-40,43,50,64,67H,2,4,8,11,14-36H2,1,3H3,(H,65,73). The quantitative estimate of drug-likeness (QED) is 0.0334. The van der Waals surface area contributed by atoms with Crippen molar-refractivity contribution in [3.8, 4) is 16.8 Å². The van der Waals surface area contributed by atoms with Crippen LogP contribution in [-0.4, -0.2) is 212 Å². The number of benzene rings is 2. The number of amides is 4. The van der Waals surface area contributed by atoms with Gasteiger partial charge in [-0.2, -0.15) is 0 Å². The van der Waals surface area contributed by atoms with Crippen molar-refractivity contribution in [2.24, 2.45) is 0 Å². The van der Waals surface area contributed by atoms with Crippen LogP contribution in [-0.2, 0) is 57.5 Å². The Kier molecular flexibility index (Phi) is 24.6. The fraction of sp³-hybridized carbons (Fsp3) is 0.508. The van der Waals surface area contributed by atoms with Gasteiger partial charge in [0.05, 0.1) is 146 Å². The van der Waals surface area contributed by atoms with Crippen molar-refractivity contribution in [3.63, 3.8) is 0 Å². The molecule has 2 aromatic carbocycles. The molecule has 2 fully saturated rings. The zero-order valence-electron chi connectivity index (χ0n) is 48.6. The summed E-state index contributed by atoms with van der Waals surface area (Å²) in [5, 5.41) is 5.81. The van der Waals surface area contributed by atoms with Gasteiger partial charge in [-0.1, -0.05) is 19.6 Å². The first-order valence-electron chi connectivity index (χ1n) is 28.9. The van der Waals surface area contributed by atoms with Crippen LogP contribution in [0.5, 0.6) is 0 Å². The average molecular weight is 1220 g/mol. The number of nitrogens with zero attached hydrogens (tertiary/aromatic N) is 7. The molecule has 1 atom stereocenters. The number of piperidine rings is 2. The third-order valence-corrected chi connectivity index (χ3v) is 16.0. The van der Waals surface area contributed by atoms with Gasteiger partial charge in [-0.3, -0.25) is 28.8 Å². The monoisotopic (exact) mass is 1220 g/mol. The molecule has 2 saturated heterocycles. The molecular weight excluding hydrogens is 1140 g/mol. The molecule has 3 aromatic heterocycles. The van der Waals surface area contributed by atoms with Crippen molar-refractivity contribution in [1.82, 2.24) is 34.6 Å². The molecule has 0 radical (unpaired) electrons. The van der Waals surface area contributed by atoms with Crippen LogP contribution in [0.1, 0.15) is 66.2 Å². The Labute approximate surface area is 498 Å². The predicted molar refractivity (Wildman–Crippen MR) is 315 cm³/mol. The molecule has 3 aliphatic heterocycles. The van der Waals surface area contributed by atoms with Gasteiger partial charge in [-0.15, -0.1) is 0 Å². The van der Waals surface area contributed by atoms with E-state index in [2.05, 4.69) is 31.9 Å². The molecule has 0 aliphatic carbocycles. The van der Waals surface area contributed by atoms with Gasteiger partial charge in [0.25, 0.3) is 11.8 Å². The van der Waals surface area contributed by atoms with Crippen molar-refractivity contribution < 1.29 is 74.3 Å². The maximum atomic E-state index is 16.1. The molecule has 5 aromatic rings. The summed E-state index contributed by atoms with van der Waals surface area (Å²) in [6, 6.07) is 9.77. The number of anilines is 3. The van der Waals surface area contributed by atoms with Gasteiger partial charge in [-0.05, 0) is 68.5 Å². The third kappa shape index (κ3) is 17.6. The number of rotatable bonds is 37. The number of sulfonamides is 1. The van der Waals surface area contributed by atoms with E-state index >= 15 is 8.78 Å². The Balaban J connectivity index is 0.598. The number of nitrogens with one attached hydrogen (secondary N) is 3. The van der Waals surface area contributed by atoms with Gasteiger partial charge in [0, 0.05) is 73.8 Å². The van der Waals surface area contributed by atoms with Crippen LogP contribution in [0.15, 0.2) is 79.7 Å². The molecule has 0 bridgehead atoms. The summed E-state index contributed by atoms with van der Waals surface area (Å²) < 4.78 is 105. The molecule has 3 aliphatic rings. The highest BCUT2D eigenvalue weighted by Gasteiger charge is 2.45. The molecular formula is C59H76F2N10O14S. The second-order valence-corrected chi connectivity index (χ2v) is 22.3. The fourth-order valence-electron chi connectivity index (χ4n) is 10.1. The summed E-state index contributed by atoms with van der Waals surface area (Å²) in [7, 11) is -1.94. The number of imide groups is 1. The van der Waals surface area contributed by atoms with E-state index in [4.69, 9.17) is 42.9 Å². The lowest BCUT2D eigenvalue weighted by Crippen LogP contribution is -2.51. The molecule has 24 nitrogen and oxygen atoms in total. The van der Waals surface area contributed by atoms with Crippen LogP contribution in [0.25, 0.3) is 27.8 Å². The smallest absolute Gasteiger partial charge is 0.264 e. The summed E-state index contributed by atoms with van der Waals surface area (Å²) in [5.41, 5.74) is 2.66. The summed E-state index contributed by atoms with van der Waals surface area (Å²) in [5.74, 6) is -2.96. The van der Waals surface area contributed by atoms with Crippen molar-refractivity contribution in [1.29, 1.82) is 0 Å². The maximum absolute atomic E-state index is 16.1. The van der Waals surface area contributed by atoms with Crippen molar-refractivity contribution in [2.45, 2.75) is 57.5 Å². The van der Waals surface area contributed by atoms with Crippen LogP contribution in [0, 0.1) is 11.6 Å². The van der Waals surface area contributed by atoms with Crippen LogP contribution < -0.4 is 20.3 Å². The number of hydrogen-bond acceptors (Lipinski definition) is 19. The zero-order chi connectivity index (χ0) is 60.8. The van der Waals surface area contributed by atoms with E-state index in [9.17, 15) is 27.6 Å². The predicted octanol–water partition coefficient (Wildman–Crippen LogP) is 5.36. The third-order valence-electron chi connectivity index (χ3n) is 14.5. The topological polar surface area (TPSA) is 266 Å². The number of allylic oxidation sites excluding steroid dienone is 1. The number of carbonyl (C=O) groups excluding carboxylic acids is 4. The van der Waals surface area contributed by atoms with Gasteiger partial charge < -0.3 is 62.9 Å². The second kappa shape index (κ2) is 32.6. The number of hydrogen-bond donors (Lipinski definition) is 3. The van der Waals surface area contributed by atoms with E-state index in [1.165, 1.54) is 10.9 Å². The number of fused-ring (bicyclic) bond motifs is 2. The van der Waals surface area contributed by atoms with Crippen molar-refractivity contribution in [3.05, 3.63) is 102 Å². The molecule has 3 N–H and O–H groups in total. The maximum Gasteiger partial charge on any atom is 0.264 e. The molecule has 466 valence electrons. The zero-order valence-corrected chi connectivity index (χ0v) is 49.4. The number of halogens is 2. The van der Waals surface area contributed by atoms with E-state index < -0.39 is 51.1 Å². The molecule has 0 saturated carbocycles. The Bertz CT molecular complexity index is 3210. The lowest BCUT2D eigenvalue weighted by molar-refractivity contribution is -0.133. The van der Waals surface area contributed by atoms with Gasteiger partial charge >= 0.3 is 0 Å². The van der Waals surface area contributed by atoms with Gasteiger partial charge in [0.2, 0.25) is 21.8 Å². The van der Waals surface area contributed by atoms with E-state index in [1.54, 1.807) is 55.8 Å². The number of aromatic nitrogens is 4. The van der Waals surface area contributed by atoms with E-state index in [-0.39, 0.29) is 47.5 Å². The highest BCUT2D eigenvalue weighted by Crippen LogP contribution is 2.37. The van der Waals surface area contributed by atoms with Gasteiger partial charge in [0.15, 0.2) is 5.82 Å². The molecule has 6 heterocycles. The fourth-order valence-corrected chi connectivity index (χ4v) is 11.2. The normalized spacial score (nSPS) is 15.7. The Morgan fingerprint density at radius 3 is 1.93 bits per heavy atom. The lowest BCUT2D eigenvalue weighted by Gasteiger charge is -2.37. The van der Waals surface area contributed by atoms with E-state index in [0.717, 1.165) is 17.0 Å². The Morgan fingerprint density at radius 2 is 1.34 bits per heavy atom. The molecule has 0 spiro atoms. The van der Waals surface area contributed by atoms with Crippen molar-refractivity contribution in [2.75, 3.05) is 153 Å². The number of carbonyl (C=O) groups is 4. The SMILES string of the molecule is C=C1CCC(N2C(=O)c3cccc(NCCOCCOCCOCCOCCOCCOCCOCCOCCC(=O)N4CCC(N(C)c5ccc6c(n5)c(-c5cncnc5)cn6-c5c(F)ccc(NS(=O)(=O)CCC)c5F)CC4)c3C2=O)C(=O)N1. The number of pyridine rings is 1. The average Bonchev–Trinajstić information content (AvgIpc) is 1.75. The minimum absolute atomic E-state index is 0.00718. The molecule has 8 rings (SSSR count). The summed E-state index contributed by atoms with van der Waals surface area (Å²) >= 11 is 0. The summed E-state index contributed by atoms with van der Waals surface area (Å²) in [4.78, 5) is 70.2. The first-order chi connectivity index (χ1) is 41.8. The van der Waals surface area contributed by atoms with Crippen LogP contribution in [0.4, 0.5) is 26.0 Å². The van der Waals surface area contributed by atoms with Crippen LogP contribution >= 0.6 is 0 Å². The Morgan fingerprint density at radius 1 is 0.744 bits per heavy atom. The number of ether oxygens (including phenoxy) is 8.